The van der Waals surface area contributed by atoms with E-state index in [0.29, 0.717) is 5.57 Å². The summed E-state index contributed by atoms with van der Waals surface area (Å²) in [7, 11) is 0. The van der Waals surface area contributed by atoms with Gasteiger partial charge in [-0.15, -0.1) is 5.73 Å². The minimum atomic E-state index is -0.601. The first-order valence-corrected chi connectivity index (χ1v) is 4.45. The molecule has 0 N–H and O–H groups in total. The van der Waals surface area contributed by atoms with Gasteiger partial charge in [-0.3, -0.25) is 4.79 Å². The van der Waals surface area contributed by atoms with Crippen molar-refractivity contribution >= 4 is 12.6 Å². The molecule has 0 atom stereocenters. The van der Waals surface area contributed by atoms with Crippen LogP contribution in [0.3, 0.4) is 0 Å². The quantitative estimate of drug-likeness (QED) is 0.297. The van der Waals surface area contributed by atoms with Gasteiger partial charge in [-0.1, -0.05) is 6.08 Å². The van der Waals surface area contributed by atoms with E-state index in [1.165, 1.54) is 0 Å². The number of hydrogen-bond donors (Lipinski definition) is 0. The van der Waals surface area contributed by atoms with E-state index in [9.17, 15) is 9.59 Å². The van der Waals surface area contributed by atoms with Crippen molar-refractivity contribution in [2.45, 2.75) is 27.7 Å². The van der Waals surface area contributed by atoms with Crippen LogP contribution in [0.1, 0.15) is 27.7 Å². The van der Waals surface area contributed by atoms with Crippen molar-refractivity contribution in [2.24, 2.45) is 5.41 Å². The van der Waals surface area contributed by atoms with Gasteiger partial charge in [0.1, 0.15) is 12.6 Å². The van der Waals surface area contributed by atoms with Gasteiger partial charge in [0.15, 0.2) is 0 Å². The zero-order valence-electron chi connectivity index (χ0n) is 9.13. The molecule has 0 spiro atoms. The van der Waals surface area contributed by atoms with E-state index in [1.54, 1.807) is 26.0 Å². The van der Waals surface area contributed by atoms with Gasteiger partial charge in [-0.05, 0) is 39.3 Å². The first-order chi connectivity index (χ1) is 6.41. The minimum absolute atomic E-state index is 0.475. The molecule has 0 radical (unpaired) electrons. The molecule has 0 aliphatic rings. The minimum Gasteiger partial charge on any atom is -0.302 e. The molecule has 76 valence electrons. The molecule has 0 saturated carbocycles. The van der Waals surface area contributed by atoms with Crippen molar-refractivity contribution in [1.82, 2.24) is 0 Å². The van der Waals surface area contributed by atoms with Crippen LogP contribution in [0.15, 0.2) is 29.0 Å². The summed E-state index contributed by atoms with van der Waals surface area (Å²) >= 11 is 0. The number of rotatable bonds is 4. The lowest BCUT2D eigenvalue weighted by molar-refractivity contribution is -0.112. The summed E-state index contributed by atoms with van der Waals surface area (Å²) in [5, 5.41) is 0. The molecule has 0 aliphatic heterocycles. The third kappa shape index (κ3) is 5.28. The molecule has 0 aromatic carbocycles. The van der Waals surface area contributed by atoms with Crippen molar-refractivity contribution in [1.29, 1.82) is 0 Å². The number of carbonyl (C=O) groups is 2. The molecule has 0 fully saturated rings. The smallest absolute Gasteiger partial charge is 0.150 e. The summed E-state index contributed by atoms with van der Waals surface area (Å²) in [5.74, 6) is 0. The van der Waals surface area contributed by atoms with Crippen molar-refractivity contribution in [3.8, 4) is 0 Å². The molecule has 0 unspecified atom stereocenters. The lowest BCUT2D eigenvalue weighted by Gasteiger charge is -2.09. The van der Waals surface area contributed by atoms with E-state index in [-0.39, 0.29) is 0 Å². The molecule has 14 heavy (non-hydrogen) atoms. The number of aldehydes is 2. The second-order valence-electron chi connectivity index (χ2n) is 3.99. The van der Waals surface area contributed by atoms with Crippen LogP contribution in [0, 0.1) is 5.41 Å². The van der Waals surface area contributed by atoms with Gasteiger partial charge in [0.25, 0.3) is 0 Å². The van der Waals surface area contributed by atoms with Crippen LogP contribution in [0.5, 0.6) is 0 Å². The fourth-order valence-electron chi connectivity index (χ4n) is 0.801. The standard InChI is InChI=1S/C12H16O2/c1-10(2)5-6-11(8-13)7-12(3,4)9-14/h6-9H,1-4H3/b11-7-. The Labute approximate surface area is 85.0 Å². The third-order valence-corrected chi connectivity index (χ3v) is 1.51. The molecule has 0 saturated heterocycles. The van der Waals surface area contributed by atoms with Crippen molar-refractivity contribution in [3.63, 3.8) is 0 Å². The Hall–Kier alpha value is -1.40. The molecule has 0 aromatic rings. The highest BCUT2D eigenvalue weighted by molar-refractivity contribution is 5.79. The lowest BCUT2D eigenvalue weighted by atomic mass is 9.93. The fourth-order valence-corrected chi connectivity index (χ4v) is 0.801. The zero-order chi connectivity index (χ0) is 11.2. The monoisotopic (exact) mass is 192 g/mol. The van der Waals surface area contributed by atoms with Gasteiger partial charge in [0.2, 0.25) is 0 Å². The predicted molar refractivity (Wildman–Crippen MR) is 56.9 cm³/mol. The molecule has 0 aliphatic carbocycles. The first kappa shape index (κ1) is 12.6. The maximum Gasteiger partial charge on any atom is 0.150 e. The fraction of sp³-hybridized carbons (Fsp3) is 0.417. The maximum absolute atomic E-state index is 10.6. The summed E-state index contributed by atoms with van der Waals surface area (Å²) in [6, 6.07) is 0. The van der Waals surface area contributed by atoms with E-state index in [4.69, 9.17) is 0 Å². The highest BCUT2D eigenvalue weighted by Crippen LogP contribution is 2.15. The van der Waals surface area contributed by atoms with E-state index < -0.39 is 5.41 Å². The lowest BCUT2D eigenvalue weighted by Crippen LogP contribution is -2.09. The summed E-state index contributed by atoms with van der Waals surface area (Å²) in [4.78, 5) is 21.3. The topological polar surface area (TPSA) is 34.1 Å². The van der Waals surface area contributed by atoms with Gasteiger partial charge in [-0.25, -0.2) is 0 Å². The number of carbonyl (C=O) groups excluding carboxylic acids is 2. The molecular formula is C12H16O2. The Balaban J connectivity index is 5.01. The van der Waals surface area contributed by atoms with Crippen LogP contribution < -0.4 is 0 Å². The van der Waals surface area contributed by atoms with Crippen molar-refractivity contribution < 1.29 is 9.59 Å². The van der Waals surface area contributed by atoms with Crippen LogP contribution >= 0.6 is 0 Å². The Morgan fingerprint density at radius 2 is 1.79 bits per heavy atom. The number of allylic oxidation sites excluding steroid dienone is 3. The Morgan fingerprint density at radius 3 is 2.14 bits per heavy atom. The van der Waals surface area contributed by atoms with Gasteiger partial charge in [-0.2, -0.15) is 0 Å². The first-order valence-electron chi connectivity index (χ1n) is 4.45. The average Bonchev–Trinajstić information content (AvgIpc) is 2.12. The van der Waals surface area contributed by atoms with E-state index >= 15 is 0 Å². The Morgan fingerprint density at radius 1 is 1.21 bits per heavy atom. The Bertz CT molecular complexity index is 309. The second-order valence-corrected chi connectivity index (χ2v) is 3.99. The van der Waals surface area contributed by atoms with Crippen LogP contribution in [-0.2, 0) is 9.59 Å². The summed E-state index contributed by atoms with van der Waals surface area (Å²) in [5.41, 5.74) is 3.78. The Kier molecular flexibility index (Phi) is 4.82. The van der Waals surface area contributed by atoms with Gasteiger partial charge < -0.3 is 4.79 Å². The van der Waals surface area contributed by atoms with Crippen LogP contribution in [0.2, 0.25) is 0 Å². The maximum atomic E-state index is 10.6. The van der Waals surface area contributed by atoms with Gasteiger partial charge in [0, 0.05) is 11.0 Å². The third-order valence-electron chi connectivity index (χ3n) is 1.51. The number of hydrogen-bond acceptors (Lipinski definition) is 2. The summed E-state index contributed by atoms with van der Waals surface area (Å²) in [6.07, 6.45) is 4.75. The van der Waals surface area contributed by atoms with Crippen molar-refractivity contribution in [2.75, 3.05) is 0 Å². The summed E-state index contributed by atoms with van der Waals surface area (Å²) < 4.78 is 0. The molecule has 0 aromatic heterocycles. The predicted octanol–water partition coefficient (Wildman–Crippen LogP) is 2.46. The van der Waals surface area contributed by atoms with E-state index in [1.807, 2.05) is 13.8 Å². The normalized spacial score (nSPS) is 11.6. The molecule has 2 nitrogen and oxygen atoms in total. The van der Waals surface area contributed by atoms with E-state index in [0.717, 1.165) is 18.1 Å². The van der Waals surface area contributed by atoms with Crippen LogP contribution in [0.25, 0.3) is 0 Å². The molecule has 0 rings (SSSR count). The average molecular weight is 192 g/mol. The second kappa shape index (κ2) is 5.36. The molecule has 0 heterocycles. The molecular weight excluding hydrogens is 176 g/mol. The highest BCUT2D eigenvalue weighted by Gasteiger charge is 2.12. The highest BCUT2D eigenvalue weighted by atomic mass is 16.1. The van der Waals surface area contributed by atoms with Crippen molar-refractivity contribution in [3.05, 3.63) is 29.0 Å². The molecule has 0 amide bonds. The van der Waals surface area contributed by atoms with Crippen LogP contribution in [0.4, 0.5) is 0 Å². The summed E-state index contributed by atoms with van der Waals surface area (Å²) in [6.45, 7) is 7.29. The van der Waals surface area contributed by atoms with Gasteiger partial charge >= 0.3 is 0 Å². The van der Waals surface area contributed by atoms with E-state index in [2.05, 4.69) is 5.73 Å². The zero-order valence-corrected chi connectivity index (χ0v) is 9.13. The molecule has 2 heteroatoms. The van der Waals surface area contributed by atoms with Gasteiger partial charge in [0.05, 0.1) is 0 Å². The molecule has 0 bridgehead atoms. The SMILES string of the molecule is CC(C)=C=C/C(C=O)=C/C(C)(C)C=O. The largest absolute Gasteiger partial charge is 0.302 e. The van der Waals surface area contributed by atoms with Crippen LogP contribution in [-0.4, -0.2) is 12.6 Å².